The highest BCUT2D eigenvalue weighted by molar-refractivity contribution is 8.24. The third-order valence-electron chi connectivity index (χ3n) is 9.84. The SMILES string of the molecule is O=[N+]([O-])c1cc(S(=O)(=O)Nc2ncnc3cc(N4CCN(Cc5ccccc5-c5ccccc5)CC4)ccc23)ccc1Nc1cocc1S(O)(O)c1ccccc1. The first-order valence-corrected chi connectivity index (χ1v) is 20.9. The lowest BCUT2D eigenvalue weighted by atomic mass is 9.99. The van der Waals surface area contributed by atoms with Gasteiger partial charge in [-0.05, 0) is 59.2 Å². The molecule has 3 heterocycles. The molecule has 1 aliphatic heterocycles. The molecule has 2 aromatic heterocycles. The van der Waals surface area contributed by atoms with Gasteiger partial charge < -0.3 is 14.6 Å². The molecule has 1 aliphatic rings. The molecule has 0 aliphatic carbocycles. The van der Waals surface area contributed by atoms with Crippen molar-refractivity contribution in [2.24, 2.45) is 0 Å². The van der Waals surface area contributed by atoms with E-state index in [0.717, 1.165) is 50.7 Å². The van der Waals surface area contributed by atoms with Gasteiger partial charge in [-0.3, -0.25) is 28.8 Å². The summed E-state index contributed by atoms with van der Waals surface area (Å²) in [6.45, 7) is 4.15. The number of nitrogens with zero attached hydrogens (tertiary/aromatic N) is 5. The number of hydrogen-bond acceptors (Lipinski definition) is 12. The van der Waals surface area contributed by atoms with Crippen LogP contribution in [0.2, 0.25) is 0 Å². The number of benzene rings is 5. The Hall–Kier alpha value is -6.30. The van der Waals surface area contributed by atoms with Crippen LogP contribution >= 0.6 is 10.6 Å². The maximum atomic E-state index is 13.7. The summed E-state index contributed by atoms with van der Waals surface area (Å²) >= 11 is 0. The van der Waals surface area contributed by atoms with Gasteiger partial charge in [0.05, 0.1) is 20.2 Å². The summed E-state index contributed by atoms with van der Waals surface area (Å²) in [6.07, 6.45) is 3.59. The normalized spacial score (nSPS) is 14.0. The van der Waals surface area contributed by atoms with Crippen LogP contribution in [0, 0.1) is 10.1 Å². The van der Waals surface area contributed by atoms with Crippen LogP contribution in [0.5, 0.6) is 0 Å². The fourth-order valence-corrected chi connectivity index (χ4v) is 9.32. The molecule has 0 bridgehead atoms. The van der Waals surface area contributed by atoms with Gasteiger partial charge in [-0.25, -0.2) is 18.4 Å². The Labute approximate surface area is 330 Å². The first-order valence-electron chi connectivity index (χ1n) is 17.9. The van der Waals surface area contributed by atoms with Crippen molar-refractivity contribution >= 4 is 60.1 Å². The number of aromatic nitrogens is 2. The van der Waals surface area contributed by atoms with Crippen molar-refractivity contribution < 1.29 is 26.9 Å². The molecule has 1 fully saturated rings. The Bertz CT molecular complexity index is 2670. The monoisotopic (exact) mass is 803 g/mol. The number of anilines is 4. The minimum atomic E-state index is -4.37. The number of rotatable bonds is 12. The predicted octanol–water partition coefficient (Wildman–Crippen LogP) is 8.83. The van der Waals surface area contributed by atoms with Gasteiger partial charge in [-0.1, -0.05) is 72.8 Å². The van der Waals surface area contributed by atoms with Crippen LogP contribution in [-0.4, -0.2) is 63.5 Å². The van der Waals surface area contributed by atoms with Gasteiger partial charge in [0.2, 0.25) is 0 Å². The quantitative estimate of drug-likeness (QED) is 0.0680. The summed E-state index contributed by atoms with van der Waals surface area (Å²) < 4.78 is 57.1. The summed E-state index contributed by atoms with van der Waals surface area (Å²) in [5, 5.41) is 15.5. The molecule has 0 radical (unpaired) electrons. The third kappa shape index (κ3) is 7.89. The highest BCUT2D eigenvalue weighted by Crippen LogP contribution is 2.58. The van der Waals surface area contributed by atoms with E-state index in [1.165, 1.54) is 53.5 Å². The van der Waals surface area contributed by atoms with E-state index in [-0.39, 0.29) is 31.9 Å². The van der Waals surface area contributed by atoms with Gasteiger partial charge in [0.25, 0.3) is 15.7 Å². The Balaban J connectivity index is 0.965. The first kappa shape index (κ1) is 37.6. The summed E-state index contributed by atoms with van der Waals surface area (Å²) in [7, 11) is -7.92. The van der Waals surface area contributed by atoms with Crippen molar-refractivity contribution in [2.75, 3.05) is 41.1 Å². The van der Waals surface area contributed by atoms with Gasteiger partial charge in [0.1, 0.15) is 35.1 Å². The predicted molar refractivity (Wildman–Crippen MR) is 221 cm³/mol. The average Bonchev–Trinajstić information content (AvgIpc) is 3.71. The molecule has 0 unspecified atom stereocenters. The molecular formula is C41H37N7O7S2. The number of nitrogens with one attached hydrogen (secondary N) is 2. The van der Waals surface area contributed by atoms with Crippen LogP contribution in [0.1, 0.15) is 5.56 Å². The molecule has 14 nitrogen and oxygen atoms in total. The van der Waals surface area contributed by atoms with Crippen molar-refractivity contribution in [3.63, 3.8) is 0 Å². The van der Waals surface area contributed by atoms with Crippen LogP contribution in [0.4, 0.5) is 28.6 Å². The van der Waals surface area contributed by atoms with E-state index >= 15 is 0 Å². The third-order valence-corrected chi connectivity index (χ3v) is 13.0. The maximum absolute atomic E-state index is 13.7. The number of hydrogen-bond donors (Lipinski definition) is 4. The molecule has 4 N–H and O–H groups in total. The number of nitro benzene ring substituents is 1. The Morgan fingerprint density at radius 2 is 1.49 bits per heavy atom. The molecule has 0 spiro atoms. The van der Waals surface area contributed by atoms with Crippen molar-refractivity contribution in [1.82, 2.24) is 14.9 Å². The number of furan rings is 1. The van der Waals surface area contributed by atoms with Crippen molar-refractivity contribution in [3.05, 3.63) is 156 Å². The van der Waals surface area contributed by atoms with E-state index in [4.69, 9.17) is 4.42 Å². The highest BCUT2D eigenvalue weighted by Gasteiger charge is 2.28. The van der Waals surface area contributed by atoms with E-state index < -0.39 is 31.2 Å². The van der Waals surface area contributed by atoms with Crippen LogP contribution in [0.3, 0.4) is 0 Å². The van der Waals surface area contributed by atoms with Crippen LogP contribution in [0.15, 0.2) is 159 Å². The second-order valence-electron chi connectivity index (χ2n) is 13.4. The standard InChI is InChI=1S/C41H37N7O7S2/c49-48(50)39-24-33(16-18-36(39)44-38-26-55-27-40(38)56(51,52)32-12-5-2-6-13-32)57(53,54)45-41-35-17-15-31(23-37(35)42-28-43-41)47-21-19-46(20-22-47)25-30-11-7-8-14-34(30)29-9-3-1-4-10-29/h1-18,23-24,26-28,44,51-52H,19-22,25H2,(H,42,43,45). The fraction of sp³-hybridized carbons (Fsp3) is 0.122. The molecule has 1 saturated heterocycles. The smallest absolute Gasteiger partial charge is 0.294 e. The van der Waals surface area contributed by atoms with E-state index in [1.54, 1.807) is 24.3 Å². The zero-order chi connectivity index (χ0) is 39.6. The maximum Gasteiger partial charge on any atom is 0.294 e. The Kier molecular flexibility index (Phi) is 10.3. The molecule has 0 atom stereocenters. The summed E-state index contributed by atoms with van der Waals surface area (Å²) in [4.78, 5) is 24.6. The molecule has 290 valence electrons. The first-order chi connectivity index (χ1) is 27.6. The minimum absolute atomic E-state index is 0.0208. The lowest BCUT2D eigenvalue weighted by molar-refractivity contribution is -0.384. The van der Waals surface area contributed by atoms with Crippen molar-refractivity contribution in [2.45, 2.75) is 21.2 Å². The number of fused-ring (bicyclic) bond motifs is 1. The lowest BCUT2D eigenvalue weighted by Crippen LogP contribution is -2.46. The van der Waals surface area contributed by atoms with Crippen molar-refractivity contribution in [3.8, 4) is 11.1 Å². The van der Waals surface area contributed by atoms with Gasteiger partial charge in [0, 0.05) is 49.9 Å². The average molecular weight is 804 g/mol. The summed E-state index contributed by atoms with van der Waals surface area (Å²) in [5.41, 5.74) is 4.58. The Morgan fingerprint density at radius 3 is 2.25 bits per heavy atom. The minimum Gasteiger partial charge on any atom is -0.468 e. The van der Waals surface area contributed by atoms with Crippen LogP contribution in [-0.2, 0) is 16.6 Å². The van der Waals surface area contributed by atoms with Crippen LogP contribution < -0.4 is 14.9 Å². The lowest BCUT2D eigenvalue weighted by Gasteiger charge is -2.36. The number of sulfonamides is 1. The summed E-state index contributed by atoms with van der Waals surface area (Å²) in [6, 6.07) is 35.9. The highest BCUT2D eigenvalue weighted by atomic mass is 32.3. The Morgan fingerprint density at radius 1 is 0.772 bits per heavy atom. The molecular weight excluding hydrogens is 767 g/mol. The van der Waals surface area contributed by atoms with Gasteiger partial charge in [-0.2, -0.15) is 0 Å². The summed E-state index contributed by atoms with van der Waals surface area (Å²) in [5.74, 6) is 0.0208. The van der Waals surface area contributed by atoms with Gasteiger partial charge in [0.15, 0.2) is 5.82 Å². The second-order valence-corrected chi connectivity index (χ2v) is 17.1. The molecule has 57 heavy (non-hydrogen) atoms. The van der Waals surface area contributed by atoms with E-state index in [9.17, 15) is 27.6 Å². The molecule has 7 aromatic rings. The molecule has 16 heteroatoms. The molecule has 5 aromatic carbocycles. The molecule has 0 amide bonds. The zero-order valence-corrected chi connectivity index (χ0v) is 31.9. The van der Waals surface area contributed by atoms with Gasteiger partial charge in [-0.15, -0.1) is 10.6 Å². The van der Waals surface area contributed by atoms with E-state index in [1.807, 2.05) is 18.2 Å². The fourth-order valence-electron chi connectivity index (χ4n) is 6.89. The molecule has 8 rings (SSSR count). The number of nitro groups is 1. The largest absolute Gasteiger partial charge is 0.468 e. The van der Waals surface area contributed by atoms with E-state index in [2.05, 4.69) is 78.3 Å². The van der Waals surface area contributed by atoms with Crippen LogP contribution in [0.25, 0.3) is 22.0 Å². The van der Waals surface area contributed by atoms with Gasteiger partial charge >= 0.3 is 0 Å². The second kappa shape index (κ2) is 15.7. The number of piperazine rings is 1. The van der Waals surface area contributed by atoms with Crippen molar-refractivity contribution in [1.29, 1.82) is 0 Å². The topological polar surface area (TPSA) is 187 Å². The zero-order valence-electron chi connectivity index (χ0n) is 30.3. The molecule has 0 saturated carbocycles. The van der Waals surface area contributed by atoms with E-state index in [0.29, 0.717) is 10.9 Å².